The SMILES string of the molecule is COC(=O)c1ncn(-c2cccc(OC(F)(F)F)c2)c1N. The van der Waals surface area contributed by atoms with Crippen molar-refractivity contribution in [1.82, 2.24) is 9.55 Å². The molecule has 9 heteroatoms. The van der Waals surface area contributed by atoms with Crippen LogP contribution in [-0.4, -0.2) is 29.0 Å². The molecule has 112 valence electrons. The molecule has 0 fully saturated rings. The number of aromatic nitrogens is 2. The van der Waals surface area contributed by atoms with E-state index in [1.807, 2.05) is 0 Å². The summed E-state index contributed by atoms with van der Waals surface area (Å²) < 4.78 is 46.1. The fourth-order valence-electron chi connectivity index (χ4n) is 1.65. The maximum atomic E-state index is 12.2. The van der Waals surface area contributed by atoms with Crippen LogP contribution in [-0.2, 0) is 4.74 Å². The number of methoxy groups -OCH3 is 1. The molecule has 0 atom stereocenters. The number of nitrogen functional groups attached to an aromatic ring is 1. The van der Waals surface area contributed by atoms with Crippen LogP contribution < -0.4 is 10.5 Å². The Balaban J connectivity index is 2.37. The minimum absolute atomic E-state index is 0.0500. The molecule has 1 aromatic carbocycles. The van der Waals surface area contributed by atoms with Crippen LogP contribution in [0.3, 0.4) is 0 Å². The molecule has 0 aliphatic rings. The number of ether oxygens (including phenoxy) is 2. The second kappa shape index (κ2) is 5.35. The second-order valence-corrected chi connectivity index (χ2v) is 3.89. The Hall–Kier alpha value is -2.71. The van der Waals surface area contributed by atoms with E-state index < -0.39 is 18.1 Å². The fourth-order valence-corrected chi connectivity index (χ4v) is 1.65. The standard InChI is InChI=1S/C12H10F3N3O3/c1-20-11(19)9-10(16)18(6-17-9)7-3-2-4-8(5-7)21-12(13,14)15/h2-6H,16H2,1H3. The third kappa shape index (κ3) is 3.25. The van der Waals surface area contributed by atoms with E-state index in [9.17, 15) is 18.0 Å². The Morgan fingerprint density at radius 1 is 1.38 bits per heavy atom. The highest BCUT2D eigenvalue weighted by Crippen LogP contribution is 2.26. The van der Waals surface area contributed by atoms with Crippen LogP contribution in [0.15, 0.2) is 30.6 Å². The third-order valence-electron chi connectivity index (χ3n) is 2.51. The molecule has 6 nitrogen and oxygen atoms in total. The molecule has 1 heterocycles. The van der Waals surface area contributed by atoms with Gasteiger partial charge < -0.3 is 15.2 Å². The van der Waals surface area contributed by atoms with Gasteiger partial charge in [0.15, 0.2) is 5.69 Å². The molecule has 2 rings (SSSR count). The number of hydrogen-bond acceptors (Lipinski definition) is 5. The molecule has 0 spiro atoms. The molecule has 1 aromatic heterocycles. The highest BCUT2D eigenvalue weighted by molar-refractivity contribution is 5.92. The van der Waals surface area contributed by atoms with Crippen LogP contribution in [0, 0.1) is 0 Å². The Kier molecular flexibility index (Phi) is 3.74. The summed E-state index contributed by atoms with van der Waals surface area (Å²) in [6.45, 7) is 0. The van der Waals surface area contributed by atoms with E-state index >= 15 is 0 Å². The minimum atomic E-state index is -4.80. The fraction of sp³-hybridized carbons (Fsp3) is 0.167. The van der Waals surface area contributed by atoms with E-state index in [-0.39, 0.29) is 17.2 Å². The number of nitrogens with zero attached hydrogens (tertiary/aromatic N) is 2. The topological polar surface area (TPSA) is 79.4 Å². The van der Waals surface area contributed by atoms with Crippen molar-refractivity contribution in [2.24, 2.45) is 0 Å². The van der Waals surface area contributed by atoms with Gasteiger partial charge in [-0.2, -0.15) is 0 Å². The summed E-state index contributed by atoms with van der Waals surface area (Å²) in [6.07, 6.45) is -3.59. The molecule has 0 unspecified atom stereocenters. The van der Waals surface area contributed by atoms with E-state index in [1.165, 1.54) is 30.1 Å². The molecule has 2 N–H and O–H groups in total. The predicted molar refractivity (Wildman–Crippen MR) is 66.0 cm³/mol. The lowest BCUT2D eigenvalue weighted by molar-refractivity contribution is -0.274. The van der Waals surface area contributed by atoms with Crippen LogP contribution in [0.4, 0.5) is 19.0 Å². The Morgan fingerprint density at radius 3 is 2.71 bits per heavy atom. The van der Waals surface area contributed by atoms with Crippen molar-refractivity contribution < 1.29 is 27.4 Å². The first-order chi connectivity index (χ1) is 9.81. The van der Waals surface area contributed by atoms with E-state index in [2.05, 4.69) is 14.5 Å². The van der Waals surface area contributed by atoms with Gasteiger partial charge in [-0.1, -0.05) is 6.07 Å². The zero-order valence-electron chi connectivity index (χ0n) is 10.7. The zero-order valence-corrected chi connectivity index (χ0v) is 10.7. The maximum Gasteiger partial charge on any atom is 0.573 e. The summed E-state index contributed by atoms with van der Waals surface area (Å²) in [4.78, 5) is 15.1. The van der Waals surface area contributed by atoms with Crippen molar-refractivity contribution >= 4 is 11.8 Å². The number of carbonyl (C=O) groups excluding carboxylic acids is 1. The summed E-state index contributed by atoms with van der Waals surface area (Å²) in [7, 11) is 1.17. The number of alkyl halides is 3. The van der Waals surface area contributed by atoms with Gasteiger partial charge in [-0.15, -0.1) is 13.2 Å². The van der Waals surface area contributed by atoms with Crippen LogP contribution in [0.2, 0.25) is 0 Å². The first kappa shape index (κ1) is 14.7. The molecule has 0 aliphatic carbocycles. The Morgan fingerprint density at radius 2 is 2.10 bits per heavy atom. The molecule has 21 heavy (non-hydrogen) atoms. The second-order valence-electron chi connectivity index (χ2n) is 3.89. The lowest BCUT2D eigenvalue weighted by Crippen LogP contribution is -2.17. The highest BCUT2D eigenvalue weighted by Gasteiger charge is 2.31. The quantitative estimate of drug-likeness (QED) is 0.879. The molecule has 0 bridgehead atoms. The van der Waals surface area contributed by atoms with Crippen molar-refractivity contribution in [2.45, 2.75) is 6.36 Å². The lowest BCUT2D eigenvalue weighted by Gasteiger charge is -2.11. The van der Waals surface area contributed by atoms with Crippen molar-refractivity contribution in [3.8, 4) is 11.4 Å². The van der Waals surface area contributed by atoms with Crippen molar-refractivity contribution in [3.05, 3.63) is 36.3 Å². The Labute approximate surface area is 116 Å². The van der Waals surface area contributed by atoms with Gasteiger partial charge in [0.25, 0.3) is 0 Å². The molecule has 0 aliphatic heterocycles. The minimum Gasteiger partial charge on any atom is -0.464 e. The average Bonchev–Trinajstić information content (AvgIpc) is 2.78. The molecule has 0 amide bonds. The molecule has 2 aromatic rings. The normalized spacial score (nSPS) is 11.2. The summed E-state index contributed by atoms with van der Waals surface area (Å²) in [6, 6.07) is 5.11. The smallest absolute Gasteiger partial charge is 0.464 e. The predicted octanol–water partition coefficient (Wildman–Crippen LogP) is 2.14. The van der Waals surface area contributed by atoms with Crippen molar-refractivity contribution in [3.63, 3.8) is 0 Å². The lowest BCUT2D eigenvalue weighted by atomic mass is 10.3. The van der Waals surface area contributed by atoms with Gasteiger partial charge in [0.1, 0.15) is 17.9 Å². The average molecular weight is 301 g/mol. The van der Waals surface area contributed by atoms with Gasteiger partial charge in [-0.3, -0.25) is 4.57 Å². The first-order valence-electron chi connectivity index (χ1n) is 5.59. The van der Waals surface area contributed by atoms with Crippen LogP contribution >= 0.6 is 0 Å². The first-order valence-corrected chi connectivity index (χ1v) is 5.59. The molecule has 0 saturated heterocycles. The molecular weight excluding hydrogens is 291 g/mol. The van der Waals surface area contributed by atoms with Gasteiger partial charge in [-0.05, 0) is 12.1 Å². The number of halogens is 3. The van der Waals surface area contributed by atoms with Crippen molar-refractivity contribution in [2.75, 3.05) is 12.8 Å². The van der Waals surface area contributed by atoms with E-state index in [0.29, 0.717) is 0 Å². The van der Waals surface area contributed by atoms with Crippen LogP contribution in [0.25, 0.3) is 5.69 Å². The van der Waals surface area contributed by atoms with Gasteiger partial charge in [0.2, 0.25) is 0 Å². The van der Waals surface area contributed by atoms with Gasteiger partial charge in [-0.25, -0.2) is 9.78 Å². The van der Waals surface area contributed by atoms with Crippen molar-refractivity contribution in [1.29, 1.82) is 0 Å². The van der Waals surface area contributed by atoms with Gasteiger partial charge in [0.05, 0.1) is 12.8 Å². The van der Waals surface area contributed by atoms with Crippen LogP contribution in [0.1, 0.15) is 10.5 Å². The number of rotatable bonds is 3. The summed E-state index contributed by atoms with van der Waals surface area (Å²) in [5.74, 6) is -1.20. The van der Waals surface area contributed by atoms with E-state index in [0.717, 1.165) is 12.1 Å². The Bertz CT molecular complexity index is 667. The van der Waals surface area contributed by atoms with Crippen LogP contribution in [0.5, 0.6) is 5.75 Å². The summed E-state index contributed by atoms with van der Waals surface area (Å²) in [5, 5.41) is 0. The number of esters is 1. The number of carbonyl (C=O) groups is 1. The molecule has 0 saturated carbocycles. The summed E-state index contributed by atoms with van der Waals surface area (Å²) in [5.41, 5.74) is 5.86. The largest absolute Gasteiger partial charge is 0.573 e. The number of nitrogens with two attached hydrogens (primary N) is 1. The monoisotopic (exact) mass is 301 g/mol. The zero-order chi connectivity index (χ0) is 15.6. The van der Waals surface area contributed by atoms with E-state index in [1.54, 1.807) is 0 Å². The highest BCUT2D eigenvalue weighted by atomic mass is 19.4. The van der Waals surface area contributed by atoms with E-state index in [4.69, 9.17) is 5.73 Å². The summed E-state index contributed by atoms with van der Waals surface area (Å²) >= 11 is 0. The van der Waals surface area contributed by atoms with Gasteiger partial charge in [0, 0.05) is 6.07 Å². The third-order valence-corrected chi connectivity index (χ3v) is 2.51. The maximum absolute atomic E-state index is 12.2. The molecule has 0 radical (unpaired) electrons. The van der Waals surface area contributed by atoms with Gasteiger partial charge >= 0.3 is 12.3 Å². The number of benzene rings is 1. The number of imidazole rings is 1. The number of hydrogen-bond donors (Lipinski definition) is 1. The number of anilines is 1. The molecular formula is C12H10F3N3O3.